The van der Waals surface area contributed by atoms with Gasteiger partial charge >= 0.3 is 6.03 Å². The number of nitrogens with zero attached hydrogens (tertiary/aromatic N) is 1. The second kappa shape index (κ2) is 8.03. The fourth-order valence-corrected chi connectivity index (χ4v) is 4.10. The molecule has 1 atom stereocenters. The van der Waals surface area contributed by atoms with E-state index in [2.05, 4.69) is 10.6 Å². The molecule has 1 unspecified atom stereocenters. The average molecular weight is 457 g/mol. The Kier molecular flexibility index (Phi) is 5.40. The Hall–Kier alpha value is -3.40. The maximum absolute atomic E-state index is 13.3. The summed E-state index contributed by atoms with van der Waals surface area (Å²) in [6.45, 7) is 0. The van der Waals surface area contributed by atoms with E-state index >= 15 is 0 Å². The van der Waals surface area contributed by atoms with Gasteiger partial charge < -0.3 is 10.6 Å². The molecule has 0 saturated carbocycles. The molecule has 10 heteroatoms. The SMILES string of the molecule is NS(=O)(=O)c1ccc2c(c1)NC(=O)C(c1ccccc1)N2C(=O)Nc1cccc(Cl)c1. The van der Waals surface area contributed by atoms with Crippen LogP contribution in [0.4, 0.5) is 21.9 Å². The van der Waals surface area contributed by atoms with Crippen molar-refractivity contribution in [1.29, 1.82) is 0 Å². The third-order valence-electron chi connectivity index (χ3n) is 4.73. The van der Waals surface area contributed by atoms with Crippen molar-refractivity contribution in [1.82, 2.24) is 0 Å². The number of benzene rings is 3. The van der Waals surface area contributed by atoms with E-state index in [9.17, 15) is 18.0 Å². The summed E-state index contributed by atoms with van der Waals surface area (Å²) in [6, 6.07) is 17.7. The summed E-state index contributed by atoms with van der Waals surface area (Å²) >= 11 is 6.01. The monoisotopic (exact) mass is 456 g/mol. The molecule has 1 heterocycles. The van der Waals surface area contributed by atoms with Gasteiger partial charge in [-0.05, 0) is 42.0 Å². The van der Waals surface area contributed by atoms with Crippen molar-refractivity contribution < 1.29 is 18.0 Å². The van der Waals surface area contributed by atoms with Crippen LogP contribution in [0.5, 0.6) is 0 Å². The summed E-state index contributed by atoms with van der Waals surface area (Å²) in [6.07, 6.45) is 0. The highest BCUT2D eigenvalue weighted by Crippen LogP contribution is 2.40. The van der Waals surface area contributed by atoms with Gasteiger partial charge in [-0.2, -0.15) is 0 Å². The zero-order chi connectivity index (χ0) is 22.2. The number of sulfonamides is 1. The van der Waals surface area contributed by atoms with E-state index in [4.69, 9.17) is 16.7 Å². The first-order chi connectivity index (χ1) is 14.7. The molecule has 0 saturated heterocycles. The van der Waals surface area contributed by atoms with Gasteiger partial charge in [-0.1, -0.05) is 48.0 Å². The average Bonchev–Trinajstić information content (AvgIpc) is 2.72. The minimum absolute atomic E-state index is 0.157. The molecule has 3 amide bonds. The molecular weight excluding hydrogens is 440 g/mol. The molecular formula is C21H17ClN4O4S. The van der Waals surface area contributed by atoms with Gasteiger partial charge in [-0.3, -0.25) is 9.69 Å². The van der Waals surface area contributed by atoms with Gasteiger partial charge in [0.15, 0.2) is 0 Å². The van der Waals surface area contributed by atoms with Gasteiger partial charge in [0, 0.05) is 10.7 Å². The van der Waals surface area contributed by atoms with E-state index in [1.54, 1.807) is 54.6 Å². The number of urea groups is 1. The highest BCUT2D eigenvalue weighted by Gasteiger charge is 2.38. The molecule has 3 aromatic carbocycles. The molecule has 0 radical (unpaired) electrons. The Labute approximate surface area is 183 Å². The van der Waals surface area contributed by atoms with Crippen molar-refractivity contribution in [3.05, 3.63) is 83.4 Å². The lowest BCUT2D eigenvalue weighted by Gasteiger charge is -2.36. The largest absolute Gasteiger partial charge is 0.327 e. The zero-order valence-electron chi connectivity index (χ0n) is 15.9. The van der Waals surface area contributed by atoms with Crippen LogP contribution in [0.25, 0.3) is 0 Å². The summed E-state index contributed by atoms with van der Waals surface area (Å²) < 4.78 is 23.5. The minimum atomic E-state index is -4.00. The van der Waals surface area contributed by atoms with E-state index in [0.29, 0.717) is 22.0 Å². The van der Waals surface area contributed by atoms with Crippen LogP contribution in [-0.4, -0.2) is 20.4 Å². The lowest BCUT2D eigenvalue weighted by atomic mass is 10.0. The molecule has 8 nitrogen and oxygen atoms in total. The van der Waals surface area contributed by atoms with Crippen molar-refractivity contribution in [2.45, 2.75) is 10.9 Å². The summed E-state index contributed by atoms with van der Waals surface area (Å²) in [4.78, 5) is 27.4. The number of fused-ring (bicyclic) bond motifs is 1. The van der Waals surface area contributed by atoms with E-state index < -0.39 is 28.0 Å². The highest BCUT2D eigenvalue weighted by atomic mass is 35.5. The molecule has 1 aliphatic heterocycles. The summed E-state index contributed by atoms with van der Waals surface area (Å²) in [5, 5.41) is 11.1. The number of amides is 3. The third-order valence-corrected chi connectivity index (χ3v) is 5.88. The number of anilines is 3. The lowest BCUT2D eigenvalue weighted by Crippen LogP contribution is -2.47. The molecule has 0 bridgehead atoms. The number of halogens is 1. The van der Waals surface area contributed by atoms with Crippen molar-refractivity contribution in [3.63, 3.8) is 0 Å². The first-order valence-electron chi connectivity index (χ1n) is 9.12. The van der Waals surface area contributed by atoms with Gasteiger partial charge in [-0.25, -0.2) is 18.4 Å². The molecule has 0 spiro atoms. The fourth-order valence-electron chi connectivity index (χ4n) is 3.37. The number of rotatable bonds is 3. The van der Waals surface area contributed by atoms with Crippen LogP contribution >= 0.6 is 11.6 Å². The molecule has 158 valence electrons. The number of hydrogen-bond donors (Lipinski definition) is 3. The third kappa shape index (κ3) is 4.24. The normalized spacial score (nSPS) is 15.7. The van der Waals surface area contributed by atoms with E-state index in [1.165, 1.54) is 23.1 Å². The Morgan fingerprint density at radius 1 is 1.03 bits per heavy atom. The molecule has 0 aliphatic carbocycles. The topological polar surface area (TPSA) is 122 Å². The van der Waals surface area contributed by atoms with E-state index in [-0.39, 0.29) is 10.6 Å². The molecule has 3 aromatic rings. The first-order valence-corrected chi connectivity index (χ1v) is 11.0. The van der Waals surface area contributed by atoms with Gasteiger partial charge in [0.25, 0.3) is 5.91 Å². The molecule has 1 aliphatic rings. The van der Waals surface area contributed by atoms with Crippen LogP contribution in [0.15, 0.2) is 77.7 Å². The Morgan fingerprint density at radius 2 is 1.77 bits per heavy atom. The predicted octanol–water partition coefficient (Wildman–Crippen LogP) is 3.72. The van der Waals surface area contributed by atoms with Crippen molar-refractivity contribution in [3.8, 4) is 0 Å². The molecule has 0 fully saturated rings. The van der Waals surface area contributed by atoms with Crippen molar-refractivity contribution >= 4 is 50.6 Å². The smallest absolute Gasteiger partial charge is 0.322 e. The summed E-state index contributed by atoms with van der Waals surface area (Å²) in [5.41, 5.74) is 1.51. The minimum Gasteiger partial charge on any atom is -0.322 e. The van der Waals surface area contributed by atoms with Crippen LogP contribution in [-0.2, 0) is 14.8 Å². The number of hydrogen-bond acceptors (Lipinski definition) is 4. The Morgan fingerprint density at radius 3 is 2.45 bits per heavy atom. The van der Waals surface area contributed by atoms with Crippen molar-refractivity contribution in [2.24, 2.45) is 5.14 Å². The first kappa shape index (κ1) is 20.9. The quantitative estimate of drug-likeness (QED) is 0.556. The van der Waals surface area contributed by atoms with E-state index in [0.717, 1.165) is 0 Å². The number of carbonyl (C=O) groups excluding carboxylic acids is 2. The van der Waals surface area contributed by atoms with Crippen molar-refractivity contribution in [2.75, 3.05) is 15.5 Å². The highest BCUT2D eigenvalue weighted by molar-refractivity contribution is 7.89. The van der Waals surface area contributed by atoms with Crippen LogP contribution < -0.4 is 20.7 Å². The van der Waals surface area contributed by atoms with Crippen LogP contribution in [0, 0.1) is 0 Å². The van der Waals surface area contributed by atoms with Gasteiger partial charge in [0.05, 0.1) is 16.3 Å². The number of nitrogens with one attached hydrogen (secondary N) is 2. The maximum atomic E-state index is 13.3. The fraction of sp³-hybridized carbons (Fsp3) is 0.0476. The molecule has 0 aromatic heterocycles. The predicted molar refractivity (Wildman–Crippen MR) is 119 cm³/mol. The Balaban J connectivity index is 1.82. The number of nitrogens with two attached hydrogens (primary N) is 1. The van der Waals surface area contributed by atoms with Crippen LogP contribution in [0.3, 0.4) is 0 Å². The Bertz CT molecular complexity index is 1280. The van der Waals surface area contributed by atoms with Crippen LogP contribution in [0.2, 0.25) is 5.02 Å². The summed E-state index contributed by atoms with van der Waals surface area (Å²) in [7, 11) is -4.00. The van der Waals surface area contributed by atoms with Gasteiger partial charge in [0.1, 0.15) is 6.04 Å². The standard InChI is InChI=1S/C21H17ClN4O4S/c22-14-7-4-8-15(11-14)24-21(28)26-18-10-9-16(31(23,29)30)12-17(18)25-20(27)19(26)13-5-2-1-3-6-13/h1-12,19H,(H,24,28)(H,25,27)(H2,23,29,30). The summed E-state index contributed by atoms with van der Waals surface area (Å²) in [5.74, 6) is -0.494. The number of carbonyl (C=O) groups is 2. The maximum Gasteiger partial charge on any atom is 0.327 e. The van der Waals surface area contributed by atoms with Gasteiger partial charge in [-0.15, -0.1) is 0 Å². The second-order valence-corrected chi connectivity index (χ2v) is 8.83. The van der Waals surface area contributed by atoms with Gasteiger partial charge in [0.2, 0.25) is 10.0 Å². The molecule has 4 rings (SSSR count). The zero-order valence-corrected chi connectivity index (χ0v) is 17.5. The van der Waals surface area contributed by atoms with E-state index in [1.807, 2.05) is 0 Å². The number of primary sulfonamides is 1. The van der Waals surface area contributed by atoms with Crippen LogP contribution in [0.1, 0.15) is 11.6 Å². The second-order valence-electron chi connectivity index (χ2n) is 6.84. The molecule has 4 N–H and O–H groups in total. The lowest BCUT2D eigenvalue weighted by molar-refractivity contribution is -0.117. The molecule has 31 heavy (non-hydrogen) atoms.